The van der Waals surface area contributed by atoms with Gasteiger partial charge in [-0.3, -0.25) is 0 Å². The quantitative estimate of drug-likeness (QED) is 0.750. The number of nitrogens with zero attached hydrogens (tertiary/aromatic N) is 2. The molecule has 1 aromatic heterocycles. The predicted molar refractivity (Wildman–Crippen MR) is 44.7 cm³/mol. The highest BCUT2D eigenvalue weighted by Gasteiger charge is 2.23. The van der Waals surface area contributed by atoms with Crippen LogP contribution in [0, 0.1) is 0 Å². The van der Waals surface area contributed by atoms with Gasteiger partial charge >= 0.3 is 0 Å². The van der Waals surface area contributed by atoms with Crippen molar-refractivity contribution in [3.05, 3.63) is 11.7 Å². The highest BCUT2D eigenvalue weighted by molar-refractivity contribution is 7.99. The fraction of sp³-hybridized carbons (Fsp3) is 0.714. The van der Waals surface area contributed by atoms with Gasteiger partial charge in [-0.15, -0.1) is 11.8 Å². The van der Waals surface area contributed by atoms with Gasteiger partial charge in [0.1, 0.15) is 6.61 Å². The number of hydrogen-bond donors (Lipinski definition) is 1. The van der Waals surface area contributed by atoms with Gasteiger partial charge in [0, 0.05) is 0 Å². The number of aliphatic hydroxyl groups is 1. The molecule has 1 unspecified atom stereocenters. The zero-order chi connectivity index (χ0) is 8.39. The molecule has 2 rings (SSSR count). The molecule has 5 heteroatoms. The van der Waals surface area contributed by atoms with E-state index in [9.17, 15) is 0 Å². The van der Waals surface area contributed by atoms with Crippen LogP contribution in [0.3, 0.4) is 0 Å². The molecule has 0 spiro atoms. The Labute approximate surface area is 74.4 Å². The smallest absolute Gasteiger partial charge is 0.239 e. The normalized spacial score (nSPS) is 23.2. The summed E-state index contributed by atoms with van der Waals surface area (Å²) in [6.45, 7) is -0.138. The Morgan fingerprint density at radius 2 is 2.58 bits per heavy atom. The minimum atomic E-state index is -0.138. The molecular formula is C7H10N2O2S. The lowest BCUT2D eigenvalue weighted by Gasteiger charge is -1.98. The van der Waals surface area contributed by atoms with Crippen molar-refractivity contribution in [1.82, 2.24) is 10.1 Å². The van der Waals surface area contributed by atoms with E-state index in [-0.39, 0.29) is 6.61 Å². The molecule has 1 fully saturated rings. The molecule has 0 aromatic carbocycles. The Morgan fingerprint density at radius 3 is 3.17 bits per heavy atom. The highest BCUT2D eigenvalue weighted by Crippen LogP contribution is 2.38. The first-order valence-corrected chi connectivity index (χ1v) is 5.00. The molecule has 1 aliphatic rings. The summed E-state index contributed by atoms with van der Waals surface area (Å²) in [6.07, 6.45) is 2.32. The fourth-order valence-electron chi connectivity index (χ4n) is 1.23. The van der Waals surface area contributed by atoms with Crippen LogP contribution in [0.4, 0.5) is 0 Å². The second-order valence-electron chi connectivity index (χ2n) is 2.71. The minimum Gasteiger partial charge on any atom is -0.388 e. The van der Waals surface area contributed by atoms with Gasteiger partial charge in [0.25, 0.3) is 0 Å². The summed E-state index contributed by atoms with van der Waals surface area (Å²) in [5.41, 5.74) is 0. The molecule has 12 heavy (non-hydrogen) atoms. The van der Waals surface area contributed by atoms with Crippen molar-refractivity contribution in [3.8, 4) is 0 Å². The maximum absolute atomic E-state index is 8.70. The molecule has 1 aliphatic heterocycles. The zero-order valence-electron chi connectivity index (χ0n) is 6.56. The largest absolute Gasteiger partial charge is 0.388 e. The van der Waals surface area contributed by atoms with E-state index < -0.39 is 0 Å². The van der Waals surface area contributed by atoms with E-state index in [0.717, 1.165) is 6.42 Å². The van der Waals surface area contributed by atoms with Gasteiger partial charge in [-0.25, -0.2) is 0 Å². The summed E-state index contributed by atoms with van der Waals surface area (Å²) in [5.74, 6) is 2.22. The lowest BCUT2D eigenvalue weighted by molar-refractivity contribution is 0.262. The topological polar surface area (TPSA) is 59.2 Å². The third-order valence-electron chi connectivity index (χ3n) is 1.83. The summed E-state index contributed by atoms with van der Waals surface area (Å²) in [7, 11) is 0. The molecule has 0 aliphatic carbocycles. The van der Waals surface area contributed by atoms with Gasteiger partial charge in [0.2, 0.25) is 5.89 Å². The predicted octanol–water partition coefficient (Wildman–Crippen LogP) is 1.13. The molecule has 1 N–H and O–H groups in total. The van der Waals surface area contributed by atoms with E-state index in [1.807, 2.05) is 11.8 Å². The number of hydrogen-bond acceptors (Lipinski definition) is 5. The van der Waals surface area contributed by atoms with Gasteiger partial charge in [-0.05, 0) is 18.6 Å². The second kappa shape index (κ2) is 3.45. The number of rotatable bonds is 2. The van der Waals surface area contributed by atoms with E-state index in [1.54, 1.807) is 0 Å². The minimum absolute atomic E-state index is 0.138. The van der Waals surface area contributed by atoms with E-state index in [4.69, 9.17) is 9.63 Å². The Balaban J connectivity index is 2.11. The van der Waals surface area contributed by atoms with Crippen molar-refractivity contribution in [2.45, 2.75) is 24.7 Å². The lowest BCUT2D eigenvalue weighted by atomic mass is 10.2. The van der Waals surface area contributed by atoms with Gasteiger partial charge in [-0.1, -0.05) is 5.16 Å². The number of aliphatic hydroxyl groups excluding tert-OH is 1. The average molecular weight is 186 g/mol. The van der Waals surface area contributed by atoms with Gasteiger partial charge < -0.3 is 9.63 Å². The zero-order valence-corrected chi connectivity index (χ0v) is 7.38. The molecule has 66 valence electrons. The summed E-state index contributed by atoms with van der Waals surface area (Å²) < 4.78 is 5.00. The lowest BCUT2D eigenvalue weighted by Crippen LogP contribution is -1.90. The monoisotopic (exact) mass is 186 g/mol. The van der Waals surface area contributed by atoms with Crippen molar-refractivity contribution in [1.29, 1.82) is 0 Å². The van der Waals surface area contributed by atoms with Crippen LogP contribution in [0.1, 0.15) is 29.8 Å². The Kier molecular flexibility index (Phi) is 2.32. The van der Waals surface area contributed by atoms with Crippen LogP contribution in [0.15, 0.2) is 4.52 Å². The molecule has 1 aromatic rings. The molecule has 1 saturated heterocycles. The first-order valence-electron chi connectivity index (χ1n) is 3.95. The Hall–Kier alpha value is -0.550. The van der Waals surface area contributed by atoms with Crippen LogP contribution in [-0.2, 0) is 6.61 Å². The summed E-state index contributed by atoms with van der Waals surface area (Å²) in [4.78, 5) is 4.06. The highest BCUT2D eigenvalue weighted by atomic mass is 32.2. The van der Waals surface area contributed by atoms with E-state index in [0.29, 0.717) is 17.0 Å². The summed E-state index contributed by atoms with van der Waals surface area (Å²) in [5, 5.41) is 12.7. The van der Waals surface area contributed by atoms with Crippen LogP contribution in [0.5, 0.6) is 0 Å². The molecule has 2 heterocycles. The van der Waals surface area contributed by atoms with Gasteiger partial charge in [0.15, 0.2) is 5.82 Å². The van der Waals surface area contributed by atoms with Gasteiger partial charge in [-0.2, -0.15) is 4.98 Å². The third kappa shape index (κ3) is 1.47. The molecule has 0 radical (unpaired) electrons. The second-order valence-corrected chi connectivity index (χ2v) is 4.02. The molecule has 0 bridgehead atoms. The molecule has 0 saturated carbocycles. The van der Waals surface area contributed by atoms with E-state index in [2.05, 4.69) is 10.1 Å². The van der Waals surface area contributed by atoms with Crippen LogP contribution in [-0.4, -0.2) is 21.0 Å². The van der Waals surface area contributed by atoms with Crippen LogP contribution < -0.4 is 0 Å². The van der Waals surface area contributed by atoms with Crippen molar-refractivity contribution < 1.29 is 9.63 Å². The first kappa shape index (κ1) is 8.07. The van der Waals surface area contributed by atoms with Crippen molar-refractivity contribution in [3.63, 3.8) is 0 Å². The summed E-state index contributed by atoms with van der Waals surface area (Å²) in [6, 6.07) is 0. The van der Waals surface area contributed by atoms with Crippen LogP contribution >= 0.6 is 11.8 Å². The van der Waals surface area contributed by atoms with Crippen molar-refractivity contribution in [2.75, 3.05) is 5.75 Å². The van der Waals surface area contributed by atoms with Crippen molar-refractivity contribution >= 4 is 11.8 Å². The van der Waals surface area contributed by atoms with Gasteiger partial charge in [0.05, 0.1) is 5.25 Å². The third-order valence-corrected chi connectivity index (χ3v) is 3.19. The maximum atomic E-state index is 8.70. The van der Waals surface area contributed by atoms with Crippen LogP contribution in [0.25, 0.3) is 0 Å². The maximum Gasteiger partial charge on any atom is 0.239 e. The molecule has 0 amide bonds. The Bertz CT molecular complexity index is 258. The summed E-state index contributed by atoms with van der Waals surface area (Å²) >= 11 is 1.84. The average Bonchev–Trinajstić information content (AvgIpc) is 2.75. The SMILES string of the molecule is OCc1noc(C2CCCS2)n1. The first-order chi connectivity index (χ1) is 5.90. The van der Waals surface area contributed by atoms with E-state index >= 15 is 0 Å². The molecular weight excluding hydrogens is 176 g/mol. The standard InChI is InChI=1S/C7H10N2O2S/c10-4-6-8-7(11-9-6)5-2-1-3-12-5/h5,10H,1-4H2. The van der Waals surface area contributed by atoms with Crippen LogP contribution in [0.2, 0.25) is 0 Å². The number of thioether (sulfide) groups is 1. The molecule has 4 nitrogen and oxygen atoms in total. The van der Waals surface area contributed by atoms with Crippen molar-refractivity contribution in [2.24, 2.45) is 0 Å². The Morgan fingerprint density at radius 1 is 1.67 bits per heavy atom. The molecule has 1 atom stereocenters. The van der Waals surface area contributed by atoms with E-state index in [1.165, 1.54) is 12.2 Å². The number of aromatic nitrogens is 2. The fourth-order valence-corrected chi connectivity index (χ4v) is 2.42.